The molecule has 0 spiro atoms. The maximum atomic E-state index is 14.0. The fraction of sp³-hybridized carbons (Fsp3) is 0.556. The zero-order chi connectivity index (χ0) is 43.7. The SMILES string of the molecule is CC(C)[C@@H]1NC(=O)[C@H](CCCN=C(N)N)NC(=O)[C@H](Cc2ccccc2)NC(=O)[C@H]([C@@H](C)O)NC(=O)[C@H](CCC(=O)O)NC(=O)[C@H](C)NC(=O)[C@H](CC(=O)O)NC1=O. The van der Waals surface area contributed by atoms with Crippen molar-refractivity contribution in [1.29, 1.82) is 0 Å². The number of nitrogens with zero attached hydrogens (tertiary/aromatic N) is 1. The molecule has 58 heavy (non-hydrogen) atoms. The molecule has 0 bridgehead atoms. The number of aliphatic hydroxyl groups is 1. The standard InChI is InChI=1S/C36H54N10O12/c1-17(2)27-34(57)44-24(16-26(50)51)32(55)40-18(3)29(52)41-22(12-13-25(48)49)31(54)46-28(19(4)47)35(58)43-23(15-20-9-6-5-7-10-20)33(56)42-21(30(53)45-27)11-8-14-39-36(37)38/h5-7,9-10,17-19,21-24,27-28,47H,8,11-16H2,1-4H3,(H,40,55)(H,41,52)(H,42,56)(H,43,58)(H,44,57)(H,45,53)(H,46,54)(H,48,49)(H,50,51)(H4,37,38,39)/t18-,19+,21-,22-,23-,24-,27-,28-/m0/s1. The molecule has 1 saturated heterocycles. The summed E-state index contributed by atoms with van der Waals surface area (Å²) in [5.41, 5.74) is 11.4. The highest BCUT2D eigenvalue weighted by atomic mass is 16.4. The van der Waals surface area contributed by atoms with E-state index in [-0.39, 0.29) is 31.8 Å². The van der Waals surface area contributed by atoms with Gasteiger partial charge in [-0.15, -0.1) is 0 Å². The second-order valence-corrected chi connectivity index (χ2v) is 14.1. The molecule has 1 fully saturated rings. The molecule has 14 N–H and O–H groups in total. The number of carboxylic acid groups (broad SMARTS) is 2. The van der Waals surface area contributed by atoms with Crippen molar-refractivity contribution in [3.63, 3.8) is 0 Å². The van der Waals surface area contributed by atoms with Crippen LogP contribution in [0.3, 0.4) is 0 Å². The third-order valence-electron chi connectivity index (χ3n) is 8.85. The lowest BCUT2D eigenvalue weighted by atomic mass is 10.0. The molecule has 22 nitrogen and oxygen atoms in total. The number of guanidine groups is 1. The van der Waals surface area contributed by atoms with Gasteiger partial charge in [0, 0.05) is 19.4 Å². The number of hydrogen-bond donors (Lipinski definition) is 12. The molecule has 0 unspecified atom stereocenters. The number of nitrogens with one attached hydrogen (secondary N) is 7. The monoisotopic (exact) mass is 818 g/mol. The van der Waals surface area contributed by atoms with Crippen molar-refractivity contribution in [3.05, 3.63) is 35.9 Å². The first-order valence-electron chi connectivity index (χ1n) is 18.5. The van der Waals surface area contributed by atoms with E-state index < -0.39 is 127 Å². The van der Waals surface area contributed by atoms with Gasteiger partial charge < -0.3 is 64.0 Å². The topological polar surface area (TPSA) is 363 Å². The number of aliphatic hydroxyl groups excluding tert-OH is 1. The van der Waals surface area contributed by atoms with Gasteiger partial charge in [-0.3, -0.25) is 48.1 Å². The van der Waals surface area contributed by atoms with Crippen LogP contribution in [-0.4, -0.2) is 130 Å². The molecule has 0 radical (unpaired) electrons. The van der Waals surface area contributed by atoms with Crippen LogP contribution in [0.1, 0.15) is 65.4 Å². The Balaban J connectivity index is 2.72. The number of benzene rings is 1. The lowest BCUT2D eigenvalue weighted by Gasteiger charge is -2.29. The van der Waals surface area contributed by atoms with Gasteiger partial charge in [0.2, 0.25) is 41.4 Å². The number of rotatable bonds is 13. The highest BCUT2D eigenvalue weighted by molar-refractivity contribution is 5.99. The zero-order valence-corrected chi connectivity index (χ0v) is 32.7. The number of aliphatic carboxylic acids is 2. The van der Waals surface area contributed by atoms with Crippen LogP contribution in [0, 0.1) is 5.92 Å². The van der Waals surface area contributed by atoms with E-state index in [0.717, 1.165) is 6.92 Å². The Kier molecular flexibility index (Phi) is 19.0. The van der Waals surface area contributed by atoms with Crippen LogP contribution in [0.4, 0.5) is 0 Å². The van der Waals surface area contributed by atoms with Gasteiger partial charge in [0.1, 0.15) is 42.3 Å². The molecule has 7 amide bonds. The molecule has 8 atom stereocenters. The Bertz CT molecular complexity index is 1690. The van der Waals surface area contributed by atoms with Crippen molar-refractivity contribution in [2.24, 2.45) is 22.4 Å². The van der Waals surface area contributed by atoms with Crippen LogP contribution in [0.2, 0.25) is 0 Å². The van der Waals surface area contributed by atoms with E-state index in [1.165, 1.54) is 6.92 Å². The molecular formula is C36H54N10O12. The van der Waals surface area contributed by atoms with E-state index in [9.17, 15) is 58.5 Å². The van der Waals surface area contributed by atoms with Gasteiger partial charge in [-0.2, -0.15) is 0 Å². The molecule has 1 heterocycles. The smallest absolute Gasteiger partial charge is 0.305 e. The molecule has 0 aromatic heterocycles. The predicted molar refractivity (Wildman–Crippen MR) is 205 cm³/mol. The first-order chi connectivity index (χ1) is 27.2. The third-order valence-corrected chi connectivity index (χ3v) is 8.85. The van der Waals surface area contributed by atoms with Gasteiger partial charge in [0.05, 0.1) is 12.5 Å². The maximum absolute atomic E-state index is 14.0. The summed E-state index contributed by atoms with van der Waals surface area (Å²) < 4.78 is 0. The minimum absolute atomic E-state index is 0.0330. The molecule has 1 aromatic carbocycles. The molecule has 1 aromatic rings. The van der Waals surface area contributed by atoms with Crippen molar-refractivity contribution in [2.45, 2.75) is 115 Å². The Morgan fingerprint density at radius 2 is 1.16 bits per heavy atom. The number of carbonyl (C=O) groups is 9. The minimum atomic E-state index is -1.78. The largest absolute Gasteiger partial charge is 0.481 e. The van der Waals surface area contributed by atoms with Crippen LogP contribution in [0.5, 0.6) is 0 Å². The lowest BCUT2D eigenvalue weighted by molar-refractivity contribution is -0.142. The predicted octanol–water partition coefficient (Wildman–Crippen LogP) is -3.91. The van der Waals surface area contributed by atoms with Crippen LogP contribution in [0.25, 0.3) is 0 Å². The summed E-state index contributed by atoms with van der Waals surface area (Å²) in [4.78, 5) is 122. The summed E-state index contributed by atoms with van der Waals surface area (Å²) in [5.74, 6) is -10.9. The second-order valence-electron chi connectivity index (χ2n) is 14.1. The first-order valence-corrected chi connectivity index (χ1v) is 18.5. The Hall–Kier alpha value is -6.32. The lowest BCUT2D eigenvalue weighted by Crippen LogP contribution is -2.61. The normalized spacial score (nSPS) is 24.9. The zero-order valence-electron chi connectivity index (χ0n) is 32.7. The van der Waals surface area contributed by atoms with Crippen molar-refractivity contribution < 1.29 is 58.5 Å². The number of carboxylic acids is 2. The molecule has 22 heteroatoms. The molecule has 2 rings (SSSR count). The van der Waals surface area contributed by atoms with E-state index in [1.54, 1.807) is 44.2 Å². The number of aliphatic imine (C=N–C) groups is 1. The third kappa shape index (κ3) is 16.0. The van der Waals surface area contributed by atoms with Gasteiger partial charge in [0.15, 0.2) is 5.96 Å². The fourth-order valence-corrected chi connectivity index (χ4v) is 5.67. The minimum Gasteiger partial charge on any atom is -0.481 e. The Morgan fingerprint density at radius 1 is 0.655 bits per heavy atom. The van der Waals surface area contributed by atoms with Gasteiger partial charge in [-0.1, -0.05) is 44.2 Å². The fourth-order valence-electron chi connectivity index (χ4n) is 5.67. The van der Waals surface area contributed by atoms with Gasteiger partial charge in [-0.25, -0.2) is 0 Å². The van der Waals surface area contributed by atoms with E-state index in [2.05, 4.69) is 42.2 Å². The average molecular weight is 819 g/mol. The molecule has 0 aliphatic carbocycles. The summed E-state index contributed by atoms with van der Waals surface area (Å²) in [6.07, 6.45) is -3.84. The van der Waals surface area contributed by atoms with Crippen LogP contribution < -0.4 is 48.7 Å². The van der Waals surface area contributed by atoms with Gasteiger partial charge >= 0.3 is 11.9 Å². The molecule has 1 aliphatic heterocycles. The first kappa shape index (κ1) is 47.8. The Morgan fingerprint density at radius 3 is 1.71 bits per heavy atom. The van der Waals surface area contributed by atoms with Crippen molar-refractivity contribution in [3.8, 4) is 0 Å². The summed E-state index contributed by atoms with van der Waals surface area (Å²) in [5, 5.41) is 46.2. The highest BCUT2D eigenvalue weighted by Crippen LogP contribution is 2.11. The van der Waals surface area contributed by atoms with E-state index in [0.29, 0.717) is 5.56 Å². The van der Waals surface area contributed by atoms with E-state index in [1.807, 2.05) is 0 Å². The summed E-state index contributed by atoms with van der Waals surface area (Å²) in [6, 6.07) is -2.55. The van der Waals surface area contributed by atoms with Crippen LogP contribution in [0.15, 0.2) is 35.3 Å². The van der Waals surface area contributed by atoms with Crippen molar-refractivity contribution in [2.75, 3.05) is 6.54 Å². The highest BCUT2D eigenvalue weighted by Gasteiger charge is 2.37. The Labute approximate surface area is 334 Å². The number of nitrogens with two attached hydrogens (primary N) is 2. The number of carbonyl (C=O) groups excluding carboxylic acids is 7. The quantitative estimate of drug-likeness (QED) is 0.0514. The molecular weight excluding hydrogens is 764 g/mol. The second kappa shape index (κ2) is 23.0. The number of amides is 7. The van der Waals surface area contributed by atoms with Crippen LogP contribution in [-0.2, 0) is 49.6 Å². The number of hydrogen-bond acceptors (Lipinski definition) is 11. The molecule has 320 valence electrons. The van der Waals surface area contributed by atoms with E-state index >= 15 is 0 Å². The van der Waals surface area contributed by atoms with Crippen LogP contribution >= 0.6 is 0 Å². The summed E-state index contributed by atoms with van der Waals surface area (Å²) >= 11 is 0. The summed E-state index contributed by atoms with van der Waals surface area (Å²) in [7, 11) is 0. The van der Waals surface area contributed by atoms with Gasteiger partial charge in [0.25, 0.3) is 0 Å². The maximum Gasteiger partial charge on any atom is 0.305 e. The average Bonchev–Trinajstić information content (AvgIpc) is 3.13. The van der Waals surface area contributed by atoms with E-state index in [4.69, 9.17) is 11.5 Å². The summed E-state index contributed by atoms with van der Waals surface area (Å²) in [6.45, 7) is 5.47. The van der Waals surface area contributed by atoms with Crippen molar-refractivity contribution >= 4 is 59.2 Å². The molecule has 1 aliphatic rings. The molecule has 0 saturated carbocycles. The van der Waals surface area contributed by atoms with Gasteiger partial charge in [-0.05, 0) is 44.6 Å². The van der Waals surface area contributed by atoms with Crippen molar-refractivity contribution in [1.82, 2.24) is 37.2 Å².